The highest BCUT2D eigenvalue weighted by Crippen LogP contribution is 1.95. The quantitative estimate of drug-likeness (QED) is 0.130. The van der Waals surface area contributed by atoms with Crippen LogP contribution in [0.5, 0.6) is 0 Å². The summed E-state index contributed by atoms with van der Waals surface area (Å²) in [6.07, 6.45) is 5.91. The Bertz CT molecular complexity index is 496. The number of hydrogen-bond donors (Lipinski definition) is 3. The first kappa shape index (κ1) is 24.2. The Morgan fingerprint density at radius 1 is 0.815 bits per heavy atom. The van der Waals surface area contributed by atoms with E-state index in [1.807, 2.05) is 6.26 Å². The average molecular weight is 385 g/mol. The lowest BCUT2D eigenvalue weighted by Gasteiger charge is -2.31. The summed E-state index contributed by atoms with van der Waals surface area (Å²) in [5, 5.41) is 50.9. The van der Waals surface area contributed by atoms with Crippen molar-refractivity contribution in [3.63, 3.8) is 0 Å². The summed E-state index contributed by atoms with van der Waals surface area (Å²) in [6, 6.07) is 0. The molecular weight excluding hydrogens is 364 g/mol. The van der Waals surface area contributed by atoms with Gasteiger partial charge in [-0.15, -0.1) is 6.20 Å². The number of hydrazine groups is 1. The molecule has 0 heterocycles. The van der Waals surface area contributed by atoms with Crippen molar-refractivity contribution in [2.75, 3.05) is 52.4 Å². The normalized spacial score (nSPS) is 11.8. The van der Waals surface area contributed by atoms with Crippen LogP contribution < -0.4 is 20.7 Å². The summed E-state index contributed by atoms with van der Waals surface area (Å²) < 4.78 is 0. The number of carboxylic acid groups (broad SMARTS) is 3. The van der Waals surface area contributed by atoms with Crippen LogP contribution in [0.4, 0.5) is 0 Å². The largest absolute Gasteiger partial charge is 0.705 e. The molecule has 3 N–H and O–H groups in total. The lowest BCUT2D eigenvalue weighted by Crippen LogP contribution is -2.49. The molecular formula is C15H21N4O8-5. The molecule has 12 nitrogen and oxygen atoms in total. The second-order valence-corrected chi connectivity index (χ2v) is 5.28. The predicted octanol–water partition coefficient (Wildman–Crippen LogP) is -5.65. The summed E-state index contributed by atoms with van der Waals surface area (Å²) in [6.45, 7) is -1.25. The molecule has 154 valence electrons. The lowest BCUT2D eigenvalue weighted by molar-refractivity contribution is -0.311. The Morgan fingerprint density at radius 2 is 1.30 bits per heavy atom. The Balaban J connectivity index is 4.79. The molecule has 0 aliphatic carbocycles. The summed E-state index contributed by atoms with van der Waals surface area (Å²) >= 11 is 0. The third-order valence-corrected chi connectivity index (χ3v) is 3.19. The van der Waals surface area contributed by atoms with Gasteiger partial charge >= 0.3 is 0 Å². The fourth-order valence-electron chi connectivity index (χ4n) is 2.06. The molecule has 0 bridgehead atoms. The molecule has 0 spiro atoms. The molecule has 0 aliphatic heterocycles. The van der Waals surface area contributed by atoms with Gasteiger partial charge in [0.25, 0.3) is 0 Å². The molecule has 0 radical (unpaired) electrons. The molecule has 12 heteroatoms. The predicted molar refractivity (Wildman–Crippen MR) is 83.5 cm³/mol. The monoisotopic (exact) mass is 385 g/mol. The van der Waals surface area contributed by atoms with Gasteiger partial charge in [0, 0.05) is 52.4 Å². The number of aliphatic hydroxyl groups is 2. The fourth-order valence-corrected chi connectivity index (χ4v) is 2.06. The van der Waals surface area contributed by atoms with Crippen molar-refractivity contribution in [2.24, 2.45) is 0 Å². The van der Waals surface area contributed by atoms with Crippen molar-refractivity contribution in [1.29, 1.82) is 0 Å². The third kappa shape index (κ3) is 14.1. The number of aliphatic carboxylic acids is 3. The van der Waals surface area contributed by atoms with Crippen molar-refractivity contribution in [3.8, 4) is 0 Å². The minimum Gasteiger partial charge on any atom is -0.705 e. The van der Waals surface area contributed by atoms with E-state index in [4.69, 9.17) is 10.2 Å². The van der Waals surface area contributed by atoms with Crippen LogP contribution in [0.3, 0.4) is 0 Å². The van der Waals surface area contributed by atoms with Crippen LogP contribution in [0, 0.1) is 12.5 Å². The SMILES string of the molecule is O=C([O-])CN(CCN(CC(=O)[O-])CC(=O)[O-])CCN(CC=[C-]O)NC=[C-]O. The first-order valence-corrected chi connectivity index (χ1v) is 7.76. The number of nitrogens with one attached hydrogen (secondary N) is 1. The molecule has 0 aromatic heterocycles. The lowest BCUT2D eigenvalue weighted by atomic mass is 10.3. The molecule has 27 heavy (non-hydrogen) atoms. The van der Waals surface area contributed by atoms with Gasteiger partial charge in [0.05, 0.1) is 17.9 Å². The Labute approximate surface area is 156 Å². The van der Waals surface area contributed by atoms with Crippen LogP contribution in [-0.2, 0) is 14.4 Å². The van der Waals surface area contributed by atoms with Crippen LogP contribution >= 0.6 is 0 Å². The first-order valence-electron chi connectivity index (χ1n) is 7.76. The standard InChI is InChI=1S/C15H24N4O8/c20-8-1-3-19(16-2-9-21)7-6-17(10-13(22)23)4-5-18(11-14(24)25)12-15(26)27/h1-2,16,20-21H,3-7,10-12H2,(H,22,23)(H,24,25)(H,26,27)/q-2/p-3. The average Bonchev–Trinajstić information content (AvgIpc) is 2.56. The summed E-state index contributed by atoms with van der Waals surface area (Å²) in [5.41, 5.74) is 2.62. The van der Waals surface area contributed by atoms with Gasteiger partial charge in [-0.3, -0.25) is 16.1 Å². The van der Waals surface area contributed by atoms with Crippen molar-refractivity contribution >= 4 is 17.9 Å². The molecule has 0 rings (SSSR count). The topological polar surface area (TPSA) is 183 Å². The molecule has 0 fully saturated rings. The zero-order valence-corrected chi connectivity index (χ0v) is 14.5. The molecule has 0 aromatic carbocycles. The van der Waals surface area contributed by atoms with E-state index in [1.165, 1.54) is 16.0 Å². The Hall–Kier alpha value is -2.83. The van der Waals surface area contributed by atoms with E-state index in [-0.39, 0.29) is 32.7 Å². The zero-order chi connectivity index (χ0) is 20.7. The highest BCUT2D eigenvalue weighted by Gasteiger charge is 2.11. The molecule has 0 atom stereocenters. The smallest absolute Gasteiger partial charge is 0.0555 e. The van der Waals surface area contributed by atoms with Crippen LogP contribution in [0.15, 0.2) is 12.3 Å². The van der Waals surface area contributed by atoms with Gasteiger partial charge in [-0.1, -0.05) is 0 Å². The zero-order valence-electron chi connectivity index (χ0n) is 14.5. The van der Waals surface area contributed by atoms with E-state index in [2.05, 4.69) is 5.43 Å². The molecule has 0 saturated heterocycles. The summed E-state index contributed by atoms with van der Waals surface area (Å²) in [7, 11) is 0. The van der Waals surface area contributed by atoms with E-state index < -0.39 is 37.5 Å². The molecule has 0 amide bonds. The number of hydrogen-bond acceptors (Lipinski definition) is 12. The molecule has 0 aliphatic rings. The number of carbonyl (C=O) groups excluding carboxylic acids is 3. The maximum absolute atomic E-state index is 10.9. The number of rotatable bonds is 16. The van der Waals surface area contributed by atoms with Crippen LogP contribution in [0.1, 0.15) is 0 Å². The van der Waals surface area contributed by atoms with E-state index in [1.54, 1.807) is 6.26 Å². The Kier molecular flexibility index (Phi) is 12.8. The van der Waals surface area contributed by atoms with E-state index >= 15 is 0 Å². The second kappa shape index (κ2) is 14.4. The molecule has 0 aromatic rings. The maximum Gasteiger partial charge on any atom is 0.0555 e. The van der Waals surface area contributed by atoms with Gasteiger partial charge < -0.3 is 51.6 Å². The van der Waals surface area contributed by atoms with Gasteiger partial charge in [-0.25, -0.2) is 11.1 Å². The minimum absolute atomic E-state index is 0.0340. The summed E-state index contributed by atoms with van der Waals surface area (Å²) in [4.78, 5) is 34.7. The molecule has 0 saturated carbocycles. The number of carboxylic acids is 3. The summed E-state index contributed by atoms with van der Waals surface area (Å²) in [5.74, 6) is -4.32. The van der Waals surface area contributed by atoms with Crippen LogP contribution in [0.25, 0.3) is 0 Å². The van der Waals surface area contributed by atoms with Gasteiger partial charge in [0.15, 0.2) is 0 Å². The first-order chi connectivity index (χ1) is 12.8. The van der Waals surface area contributed by atoms with E-state index in [0.29, 0.717) is 0 Å². The van der Waals surface area contributed by atoms with Crippen LogP contribution in [0.2, 0.25) is 0 Å². The number of aliphatic hydroxyl groups excluding tert-OH is 2. The van der Waals surface area contributed by atoms with Crippen molar-refractivity contribution in [3.05, 3.63) is 24.8 Å². The van der Waals surface area contributed by atoms with E-state index in [9.17, 15) is 29.7 Å². The molecule has 0 unspecified atom stereocenters. The highest BCUT2D eigenvalue weighted by atomic mass is 16.4. The van der Waals surface area contributed by atoms with Gasteiger partial charge in [0.1, 0.15) is 0 Å². The van der Waals surface area contributed by atoms with Crippen molar-refractivity contribution in [1.82, 2.24) is 20.2 Å². The van der Waals surface area contributed by atoms with Crippen molar-refractivity contribution < 1.29 is 39.9 Å². The highest BCUT2D eigenvalue weighted by molar-refractivity contribution is 5.70. The van der Waals surface area contributed by atoms with E-state index in [0.717, 1.165) is 11.1 Å². The number of nitrogens with zero attached hydrogens (tertiary/aromatic N) is 3. The van der Waals surface area contributed by atoms with Gasteiger partial charge in [-0.05, 0) is 0 Å². The maximum atomic E-state index is 10.9. The Morgan fingerprint density at radius 3 is 1.78 bits per heavy atom. The van der Waals surface area contributed by atoms with Gasteiger partial charge in [-0.2, -0.15) is 0 Å². The van der Waals surface area contributed by atoms with Gasteiger partial charge in [0.2, 0.25) is 0 Å². The minimum atomic E-state index is -1.47. The fraction of sp³-hybridized carbons (Fsp3) is 0.533. The number of carbonyl (C=O) groups is 3. The second-order valence-electron chi connectivity index (χ2n) is 5.28. The van der Waals surface area contributed by atoms with Crippen molar-refractivity contribution in [2.45, 2.75) is 0 Å². The third-order valence-electron chi connectivity index (χ3n) is 3.19. The van der Waals surface area contributed by atoms with Crippen LogP contribution in [-0.4, -0.2) is 95.3 Å².